The van der Waals surface area contributed by atoms with E-state index in [1.165, 1.54) is 0 Å². The molecule has 3 heterocycles. The Morgan fingerprint density at radius 1 is 1.07 bits per heavy atom. The summed E-state index contributed by atoms with van der Waals surface area (Å²) in [6.07, 6.45) is 2.25. The zero-order valence-electron chi connectivity index (χ0n) is 24.6. The molecule has 1 amide bonds. The average Bonchev–Trinajstić information content (AvgIpc) is 3.13. The first-order valence-electron chi connectivity index (χ1n) is 14.3. The van der Waals surface area contributed by atoms with Crippen molar-refractivity contribution < 1.29 is 17.9 Å². The fraction of sp³-hybridized carbons (Fsp3) is 0.533. The van der Waals surface area contributed by atoms with Gasteiger partial charge in [0.05, 0.1) is 34.7 Å². The minimum atomic E-state index is -3.72. The van der Waals surface area contributed by atoms with Crippen LogP contribution in [-0.2, 0) is 33.7 Å². The van der Waals surface area contributed by atoms with E-state index in [2.05, 4.69) is 24.1 Å². The molecule has 2 aliphatic rings. The summed E-state index contributed by atoms with van der Waals surface area (Å²) in [4.78, 5) is 27.7. The standard InChI is InChI=1S/C30H41N5O5S/c1-21(2)15-24-18-40-30(20-35(24)41(38,39)25-10-7-22(3)8-11-25)13-6-14-34(19-30)17-28(36)31-23-9-12-26-27(16-23)33(5)29(37)32(26)4/h7-12,16,21,24H,6,13-15,17-20H2,1-5H3,(H,31,36)/t24-,30-/m0/s1. The highest BCUT2D eigenvalue weighted by Crippen LogP contribution is 2.35. The second-order valence-electron chi connectivity index (χ2n) is 12.1. The monoisotopic (exact) mass is 583 g/mol. The largest absolute Gasteiger partial charge is 0.371 e. The van der Waals surface area contributed by atoms with Crippen LogP contribution in [0.25, 0.3) is 11.0 Å². The van der Waals surface area contributed by atoms with Gasteiger partial charge in [-0.25, -0.2) is 13.2 Å². The van der Waals surface area contributed by atoms with Crippen molar-refractivity contribution in [1.29, 1.82) is 0 Å². The highest BCUT2D eigenvalue weighted by atomic mass is 32.2. The van der Waals surface area contributed by atoms with E-state index in [0.29, 0.717) is 36.1 Å². The molecule has 0 saturated carbocycles. The summed E-state index contributed by atoms with van der Waals surface area (Å²) in [6.45, 7) is 8.09. The predicted molar refractivity (Wildman–Crippen MR) is 159 cm³/mol. The molecule has 3 aromatic rings. The highest BCUT2D eigenvalue weighted by molar-refractivity contribution is 7.89. The summed E-state index contributed by atoms with van der Waals surface area (Å²) in [5.74, 6) is 0.150. The molecule has 2 fully saturated rings. The summed E-state index contributed by atoms with van der Waals surface area (Å²) >= 11 is 0. The number of anilines is 1. The Labute approximate surface area is 241 Å². The summed E-state index contributed by atoms with van der Waals surface area (Å²) in [5.41, 5.74) is 2.37. The van der Waals surface area contributed by atoms with Crippen LogP contribution >= 0.6 is 0 Å². The van der Waals surface area contributed by atoms with E-state index in [-0.39, 0.29) is 30.7 Å². The lowest BCUT2D eigenvalue weighted by Gasteiger charge is -2.50. The maximum atomic E-state index is 13.9. The van der Waals surface area contributed by atoms with Gasteiger partial charge in [0.15, 0.2) is 0 Å². The fourth-order valence-electron chi connectivity index (χ4n) is 6.23. The van der Waals surface area contributed by atoms with Crippen LogP contribution < -0.4 is 11.0 Å². The fourth-order valence-corrected chi connectivity index (χ4v) is 7.93. The third-order valence-corrected chi connectivity index (χ3v) is 10.3. The van der Waals surface area contributed by atoms with Crippen LogP contribution in [0.5, 0.6) is 0 Å². The van der Waals surface area contributed by atoms with E-state index in [0.717, 1.165) is 36.0 Å². The van der Waals surface area contributed by atoms with Gasteiger partial charge in [-0.2, -0.15) is 4.31 Å². The average molecular weight is 584 g/mol. The minimum Gasteiger partial charge on any atom is -0.371 e. The molecule has 2 aromatic carbocycles. The Hall–Kier alpha value is -2.99. The highest BCUT2D eigenvalue weighted by Gasteiger charge is 2.47. The normalized spacial score (nSPS) is 22.5. The molecule has 1 N–H and O–H groups in total. The molecule has 10 nitrogen and oxygen atoms in total. The molecule has 11 heteroatoms. The van der Waals surface area contributed by atoms with Gasteiger partial charge in [0.1, 0.15) is 0 Å². The van der Waals surface area contributed by atoms with Gasteiger partial charge in [-0.3, -0.25) is 18.8 Å². The predicted octanol–water partition coefficient (Wildman–Crippen LogP) is 3.09. The topological polar surface area (TPSA) is 106 Å². The van der Waals surface area contributed by atoms with Gasteiger partial charge >= 0.3 is 5.69 Å². The van der Waals surface area contributed by atoms with Crippen molar-refractivity contribution in [1.82, 2.24) is 18.3 Å². The zero-order chi connectivity index (χ0) is 29.5. The van der Waals surface area contributed by atoms with Gasteiger partial charge < -0.3 is 10.1 Å². The Balaban J connectivity index is 1.31. The number of nitrogens with one attached hydrogen (secondary N) is 1. The first-order chi connectivity index (χ1) is 19.4. The maximum absolute atomic E-state index is 13.9. The number of carbonyl (C=O) groups excluding carboxylic acids is 1. The van der Waals surface area contributed by atoms with Crippen LogP contribution in [0.15, 0.2) is 52.2 Å². The molecule has 41 heavy (non-hydrogen) atoms. The number of likely N-dealkylation sites (tertiary alicyclic amines) is 1. The molecule has 2 saturated heterocycles. The molecule has 0 aliphatic carbocycles. The molecule has 0 unspecified atom stereocenters. The molecule has 1 spiro atoms. The Morgan fingerprint density at radius 2 is 1.78 bits per heavy atom. The van der Waals surface area contributed by atoms with E-state index in [4.69, 9.17) is 4.74 Å². The molecule has 2 atom stereocenters. The number of nitrogens with zero attached hydrogens (tertiary/aromatic N) is 4. The Bertz CT molecular complexity index is 1590. The third kappa shape index (κ3) is 5.99. The number of aromatic nitrogens is 2. The van der Waals surface area contributed by atoms with Crippen molar-refractivity contribution in [2.24, 2.45) is 20.0 Å². The van der Waals surface area contributed by atoms with Gasteiger partial charge in [0, 0.05) is 38.9 Å². The first kappa shape index (κ1) is 29.5. The van der Waals surface area contributed by atoms with Crippen LogP contribution in [0.4, 0.5) is 5.69 Å². The maximum Gasteiger partial charge on any atom is 0.328 e. The van der Waals surface area contributed by atoms with Crippen molar-refractivity contribution in [3.63, 3.8) is 0 Å². The SMILES string of the molecule is Cc1ccc(S(=O)(=O)N2C[C@@]3(CCCN(CC(=O)Nc4ccc5c(c4)n(C)c(=O)n5C)C3)OC[C@@H]2CC(C)C)cc1. The van der Waals surface area contributed by atoms with E-state index >= 15 is 0 Å². The van der Waals surface area contributed by atoms with Crippen molar-refractivity contribution >= 4 is 32.7 Å². The van der Waals surface area contributed by atoms with E-state index in [9.17, 15) is 18.0 Å². The smallest absolute Gasteiger partial charge is 0.328 e. The number of fused-ring (bicyclic) bond motifs is 1. The van der Waals surface area contributed by atoms with E-state index < -0.39 is 15.6 Å². The molecule has 0 radical (unpaired) electrons. The molecular weight excluding hydrogens is 542 g/mol. The number of amides is 1. The van der Waals surface area contributed by atoms with Crippen LogP contribution in [0.3, 0.4) is 0 Å². The molecule has 0 bridgehead atoms. The lowest BCUT2D eigenvalue weighted by atomic mass is 9.89. The number of morpholine rings is 1. The molecule has 222 valence electrons. The van der Waals surface area contributed by atoms with Crippen molar-refractivity contribution in [2.45, 2.75) is 56.6 Å². The third-order valence-electron chi connectivity index (χ3n) is 8.35. The van der Waals surface area contributed by atoms with Crippen LogP contribution in [-0.4, -0.2) is 77.1 Å². The Morgan fingerprint density at radius 3 is 2.49 bits per heavy atom. The summed E-state index contributed by atoms with van der Waals surface area (Å²) in [6, 6.07) is 12.2. The molecule has 2 aliphatic heterocycles. The Kier molecular flexibility index (Phi) is 8.17. The van der Waals surface area contributed by atoms with E-state index in [1.807, 2.05) is 25.1 Å². The quantitative estimate of drug-likeness (QED) is 0.458. The lowest BCUT2D eigenvalue weighted by Crippen LogP contribution is -2.64. The van der Waals surface area contributed by atoms with Crippen molar-refractivity contribution in [3.8, 4) is 0 Å². The van der Waals surface area contributed by atoms with E-state index in [1.54, 1.807) is 51.8 Å². The van der Waals surface area contributed by atoms with Crippen molar-refractivity contribution in [3.05, 3.63) is 58.5 Å². The van der Waals surface area contributed by atoms with Crippen LogP contribution in [0, 0.1) is 12.8 Å². The van der Waals surface area contributed by atoms with Gasteiger partial charge in [-0.05, 0) is 69.0 Å². The first-order valence-corrected chi connectivity index (χ1v) is 15.7. The van der Waals surface area contributed by atoms with Crippen LogP contribution in [0.2, 0.25) is 0 Å². The molecular formula is C30H41N5O5S. The number of hydrogen-bond acceptors (Lipinski definition) is 6. The zero-order valence-corrected chi connectivity index (χ0v) is 25.4. The minimum absolute atomic E-state index is 0.122. The lowest BCUT2D eigenvalue weighted by molar-refractivity contribution is -0.146. The number of carbonyl (C=O) groups is 1. The van der Waals surface area contributed by atoms with Gasteiger partial charge in [0.25, 0.3) is 0 Å². The number of aryl methyl sites for hydroxylation is 3. The molecule has 5 rings (SSSR count). The van der Waals surface area contributed by atoms with Gasteiger partial charge in [-0.15, -0.1) is 0 Å². The second-order valence-corrected chi connectivity index (χ2v) is 14.0. The number of piperidine rings is 1. The summed E-state index contributed by atoms with van der Waals surface area (Å²) in [5, 5.41) is 2.96. The van der Waals surface area contributed by atoms with Crippen molar-refractivity contribution in [2.75, 3.05) is 38.1 Å². The van der Waals surface area contributed by atoms with Crippen LogP contribution in [0.1, 0.15) is 38.7 Å². The second kappa shape index (κ2) is 11.4. The van der Waals surface area contributed by atoms with Gasteiger partial charge in [0.2, 0.25) is 15.9 Å². The number of benzene rings is 2. The number of hydrogen-bond donors (Lipinski definition) is 1. The molecule has 1 aromatic heterocycles. The van der Waals surface area contributed by atoms with Gasteiger partial charge in [-0.1, -0.05) is 31.5 Å². The number of imidazole rings is 1. The number of sulfonamides is 1. The number of rotatable bonds is 7. The summed E-state index contributed by atoms with van der Waals surface area (Å²) in [7, 11) is -0.291. The number of ether oxygens (including phenoxy) is 1. The summed E-state index contributed by atoms with van der Waals surface area (Å²) < 4.78 is 39.1.